The molecule has 1 atom stereocenters. The lowest BCUT2D eigenvalue weighted by Gasteiger charge is -2.29. The smallest absolute Gasteiger partial charge is 0.315 e. The van der Waals surface area contributed by atoms with Gasteiger partial charge in [0.25, 0.3) is 0 Å². The first-order chi connectivity index (χ1) is 9.60. The third-order valence-corrected chi connectivity index (χ3v) is 3.50. The number of hydrogen-bond donors (Lipinski definition) is 2. The van der Waals surface area contributed by atoms with Crippen molar-refractivity contribution in [3.63, 3.8) is 0 Å². The topological polar surface area (TPSA) is 63.3 Å². The van der Waals surface area contributed by atoms with E-state index in [4.69, 9.17) is 5.73 Å². The molecule has 4 heteroatoms. The summed E-state index contributed by atoms with van der Waals surface area (Å²) in [7, 11) is 0. The van der Waals surface area contributed by atoms with E-state index in [0.29, 0.717) is 0 Å². The molecule has 0 heterocycles. The fourth-order valence-corrected chi connectivity index (χ4v) is 2.35. The van der Waals surface area contributed by atoms with Crippen molar-refractivity contribution < 1.29 is 14.3 Å². The van der Waals surface area contributed by atoms with E-state index < -0.39 is 17.2 Å². The number of carboxylic acids is 1. The lowest BCUT2D eigenvalue weighted by molar-refractivity contribution is -0.143. The Morgan fingerprint density at radius 3 is 2.25 bits per heavy atom. The van der Waals surface area contributed by atoms with Crippen molar-refractivity contribution in [1.82, 2.24) is 0 Å². The molecule has 2 aromatic rings. The predicted octanol–water partition coefficient (Wildman–Crippen LogP) is 2.35. The Morgan fingerprint density at radius 1 is 1.10 bits per heavy atom. The Morgan fingerprint density at radius 2 is 1.70 bits per heavy atom. The first kappa shape index (κ1) is 14.2. The SMILES string of the molecule is NCC(Cc1ccccc1)(C(=O)O)c1ccccc1F. The molecule has 3 nitrogen and oxygen atoms in total. The third kappa shape index (κ3) is 2.56. The Balaban J connectivity index is 2.51. The molecule has 20 heavy (non-hydrogen) atoms. The summed E-state index contributed by atoms with van der Waals surface area (Å²) in [6.45, 7) is -0.168. The Labute approximate surface area is 116 Å². The van der Waals surface area contributed by atoms with Gasteiger partial charge in [0.15, 0.2) is 0 Å². The van der Waals surface area contributed by atoms with E-state index >= 15 is 0 Å². The normalized spacial score (nSPS) is 13.7. The van der Waals surface area contributed by atoms with E-state index in [2.05, 4.69) is 0 Å². The zero-order valence-electron chi connectivity index (χ0n) is 10.9. The van der Waals surface area contributed by atoms with Crippen LogP contribution in [0.5, 0.6) is 0 Å². The molecule has 0 bridgehead atoms. The van der Waals surface area contributed by atoms with Crippen molar-refractivity contribution in [1.29, 1.82) is 0 Å². The summed E-state index contributed by atoms with van der Waals surface area (Å²) in [5.74, 6) is -1.66. The van der Waals surface area contributed by atoms with Crippen LogP contribution in [0.15, 0.2) is 54.6 Å². The zero-order valence-corrected chi connectivity index (χ0v) is 10.9. The van der Waals surface area contributed by atoms with Gasteiger partial charge in [-0.05, 0) is 18.1 Å². The first-order valence-electron chi connectivity index (χ1n) is 6.32. The van der Waals surface area contributed by atoms with Crippen molar-refractivity contribution in [3.8, 4) is 0 Å². The molecule has 0 aliphatic rings. The van der Waals surface area contributed by atoms with Gasteiger partial charge in [-0.3, -0.25) is 4.79 Å². The summed E-state index contributed by atoms with van der Waals surface area (Å²) >= 11 is 0. The van der Waals surface area contributed by atoms with E-state index in [1.807, 2.05) is 30.3 Å². The summed E-state index contributed by atoms with van der Waals surface area (Å²) in [4.78, 5) is 11.8. The van der Waals surface area contributed by atoms with E-state index in [0.717, 1.165) is 5.56 Å². The van der Waals surface area contributed by atoms with Gasteiger partial charge in [-0.25, -0.2) is 4.39 Å². The van der Waals surface area contributed by atoms with Crippen LogP contribution in [0.3, 0.4) is 0 Å². The molecule has 0 amide bonds. The summed E-state index contributed by atoms with van der Waals surface area (Å²) < 4.78 is 14.0. The van der Waals surface area contributed by atoms with E-state index in [1.54, 1.807) is 6.07 Å². The average Bonchev–Trinajstić information content (AvgIpc) is 2.46. The molecule has 0 aliphatic heterocycles. The standard InChI is InChI=1S/C16H16FNO2/c17-14-9-5-4-8-13(14)16(11-18,15(19)20)10-12-6-2-1-3-7-12/h1-9H,10-11,18H2,(H,19,20). The molecule has 104 valence electrons. The monoisotopic (exact) mass is 273 g/mol. The minimum absolute atomic E-state index is 0.124. The zero-order chi connectivity index (χ0) is 14.6. The number of carboxylic acid groups (broad SMARTS) is 1. The molecule has 2 aromatic carbocycles. The molecule has 0 aromatic heterocycles. The number of aliphatic carboxylic acids is 1. The Kier molecular flexibility index (Phi) is 4.15. The number of carbonyl (C=O) groups is 1. The van der Waals surface area contributed by atoms with E-state index in [9.17, 15) is 14.3 Å². The minimum Gasteiger partial charge on any atom is -0.481 e. The summed E-state index contributed by atoms with van der Waals surface area (Å²) in [5, 5.41) is 9.62. The average molecular weight is 273 g/mol. The second kappa shape index (κ2) is 5.84. The predicted molar refractivity (Wildman–Crippen MR) is 74.9 cm³/mol. The van der Waals surface area contributed by atoms with Crippen molar-refractivity contribution in [2.75, 3.05) is 6.54 Å². The van der Waals surface area contributed by atoms with Crippen LogP contribution in [-0.4, -0.2) is 17.6 Å². The van der Waals surface area contributed by atoms with Crippen molar-refractivity contribution >= 4 is 5.97 Å². The molecule has 0 saturated carbocycles. The van der Waals surface area contributed by atoms with Gasteiger partial charge < -0.3 is 10.8 Å². The van der Waals surface area contributed by atoms with Crippen molar-refractivity contribution in [2.45, 2.75) is 11.8 Å². The highest BCUT2D eigenvalue weighted by molar-refractivity contribution is 5.82. The van der Waals surface area contributed by atoms with Crippen LogP contribution in [0.25, 0.3) is 0 Å². The number of halogens is 1. The summed E-state index contributed by atoms with van der Waals surface area (Å²) in [6.07, 6.45) is 0.153. The van der Waals surface area contributed by atoms with Crippen LogP contribution in [-0.2, 0) is 16.6 Å². The van der Waals surface area contributed by atoms with E-state index in [1.165, 1.54) is 18.2 Å². The second-order valence-electron chi connectivity index (χ2n) is 4.73. The van der Waals surface area contributed by atoms with Crippen LogP contribution >= 0.6 is 0 Å². The van der Waals surface area contributed by atoms with Crippen LogP contribution in [0.4, 0.5) is 4.39 Å². The highest BCUT2D eigenvalue weighted by atomic mass is 19.1. The van der Waals surface area contributed by atoms with Gasteiger partial charge in [-0.1, -0.05) is 48.5 Å². The Hall–Kier alpha value is -2.20. The number of benzene rings is 2. The van der Waals surface area contributed by atoms with Crippen molar-refractivity contribution in [2.24, 2.45) is 5.73 Å². The van der Waals surface area contributed by atoms with Gasteiger partial charge in [0.1, 0.15) is 11.2 Å². The second-order valence-corrected chi connectivity index (χ2v) is 4.73. The maximum absolute atomic E-state index is 14.0. The Bertz CT molecular complexity index is 600. The molecule has 0 radical (unpaired) electrons. The van der Waals surface area contributed by atoms with Crippen LogP contribution in [0, 0.1) is 5.82 Å². The summed E-state index contributed by atoms with van der Waals surface area (Å²) in [6, 6.07) is 15.0. The third-order valence-electron chi connectivity index (χ3n) is 3.50. The van der Waals surface area contributed by atoms with Gasteiger partial charge >= 0.3 is 5.97 Å². The molecule has 0 spiro atoms. The fraction of sp³-hybridized carbons (Fsp3) is 0.188. The molecular formula is C16H16FNO2. The number of nitrogens with two attached hydrogens (primary N) is 1. The molecule has 3 N–H and O–H groups in total. The molecule has 0 aliphatic carbocycles. The van der Waals surface area contributed by atoms with Crippen LogP contribution < -0.4 is 5.73 Å². The molecule has 2 rings (SSSR count). The van der Waals surface area contributed by atoms with Crippen LogP contribution in [0.2, 0.25) is 0 Å². The van der Waals surface area contributed by atoms with Gasteiger partial charge in [0.2, 0.25) is 0 Å². The lowest BCUT2D eigenvalue weighted by Crippen LogP contribution is -2.45. The molecule has 0 saturated heterocycles. The highest BCUT2D eigenvalue weighted by Gasteiger charge is 2.41. The molecule has 1 unspecified atom stereocenters. The van der Waals surface area contributed by atoms with E-state index in [-0.39, 0.29) is 18.5 Å². The quantitative estimate of drug-likeness (QED) is 0.879. The maximum Gasteiger partial charge on any atom is 0.315 e. The minimum atomic E-state index is -1.45. The van der Waals surface area contributed by atoms with Crippen LogP contribution in [0.1, 0.15) is 11.1 Å². The highest BCUT2D eigenvalue weighted by Crippen LogP contribution is 2.30. The summed E-state index contributed by atoms with van der Waals surface area (Å²) in [5.41, 5.74) is 5.19. The fourth-order valence-electron chi connectivity index (χ4n) is 2.35. The largest absolute Gasteiger partial charge is 0.481 e. The van der Waals surface area contributed by atoms with Gasteiger partial charge in [0, 0.05) is 12.1 Å². The maximum atomic E-state index is 14.0. The number of hydrogen-bond acceptors (Lipinski definition) is 2. The van der Waals surface area contributed by atoms with Crippen molar-refractivity contribution in [3.05, 3.63) is 71.5 Å². The van der Waals surface area contributed by atoms with Gasteiger partial charge in [-0.15, -0.1) is 0 Å². The first-order valence-corrected chi connectivity index (χ1v) is 6.32. The number of rotatable bonds is 5. The van der Waals surface area contributed by atoms with Gasteiger partial charge in [0.05, 0.1) is 0 Å². The molecule has 0 fully saturated rings. The lowest BCUT2D eigenvalue weighted by atomic mass is 9.75. The van der Waals surface area contributed by atoms with Gasteiger partial charge in [-0.2, -0.15) is 0 Å². The molecular weight excluding hydrogens is 257 g/mol.